The Morgan fingerprint density at radius 2 is 2.10 bits per heavy atom. The van der Waals surface area contributed by atoms with E-state index in [1.807, 2.05) is 0 Å². The van der Waals surface area contributed by atoms with Crippen LogP contribution in [-0.2, 0) is 0 Å². The highest BCUT2D eigenvalue weighted by Gasteiger charge is 2.33. The zero-order chi connectivity index (χ0) is 14.1. The molecule has 0 bridgehead atoms. The van der Waals surface area contributed by atoms with Gasteiger partial charge in [-0.25, -0.2) is 0 Å². The summed E-state index contributed by atoms with van der Waals surface area (Å²) < 4.78 is 10.4. The summed E-state index contributed by atoms with van der Waals surface area (Å²) in [6.45, 7) is 0.116. The van der Waals surface area contributed by atoms with E-state index in [0.29, 0.717) is 29.9 Å². The molecule has 1 aliphatic carbocycles. The third-order valence-corrected chi connectivity index (χ3v) is 3.86. The largest absolute Gasteiger partial charge is 0.454 e. The van der Waals surface area contributed by atoms with Crippen LogP contribution in [0.15, 0.2) is 18.2 Å². The third kappa shape index (κ3) is 2.44. The zero-order valence-electron chi connectivity index (χ0n) is 10.9. The Balaban J connectivity index is 1.65. The number of hydrogen-bond donors (Lipinski definition) is 3. The number of rotatable bonds is 3. The Bertz CT molecular complexity index is 518. The van der Waals surface area contributed by atoms with Crippen LogP contribution in [0.2, 0.25) is 0 Å². The molecule has 1 saturated carbocycles. The smallest absolute Gasteiger partial charge is 0.251 e. The highest BCUT2D eigenvalue weighted by molar-refractivity contribution is 5.95. The molecular formula is C14H17NO5. The Morgan fingerprint density at radius 1 is 1.30 bits per heavy atom. The van der Waals surface area contributed by atoms with Crippen molar-refractivity contribution in [3.63, 3.8) is 0 Å². The number of aliphatic hydroxyl groups is 2. The molecule has 3 N–H and O–H groups in total. The lowest BCUT2D eigenvalue weighted by Crippen LogP contribution is -2.33. The fourth-order valence-electron chi connectivity index (χ4n) is 2.72. The van der Waals surface area contributed by atoms with Crippen LogP contribution in [0.3, 0.4) is 0 Å². The number of carbonyl (C=O) groups excluding carboxylic acids is 1. The predicted molar refractivity (Wildman–Crippen MR) is 69.6 cm³/mol. The molecule has 6 nitrogen and oxygen atoms in total. The molecular weight excluding hydrogens is 262 g/mol. The first-order valence-corrected chi connectivity index (χ1v) is 6.67. The van der Waals surface area contributed by atoms with Crippen molar-refractivity contribution in [2.75, 3.05) is 13.4 Å². The summed E-state index contributed by atoms with van der Waals surface area (Å²) in [6.07, 6.45) is 0.511. The third-order valence-electron chi connectivity index (χ3n) is 3.86. The van der Waals surface area contributed by atoms with E-state index in [1.165, 1.54) is 0 Å². The van der Waals surface area contributed by atoms with Gasteiger partial charge in [0.15, 0.2) is 11.5 Å². The van der Waals surface area contributed by atoms with Crippen molar-refractivity contribution in [2.24, 2.45) is 5.92 Å². The molecule has 1 fully saturated rings. The molecule has 0 spiro atoms. The summed E-state index contributed by atoms with van der Waals surface area (Å²) >= 11 is 0. The van der Waals surface area contributed by atoms with Gasteiger partial charge in [-0.2, -0.15) is 0 Å². The van der Waals surface area contributed by atoms with E-state index in [0.717, 1.165) is 0 Å². The molecule has 1 aliphatic heterocycles. The van der Waals surface area contributed by atoms with Crippen molar-refractivity contribution in [3.8, 4) is 11.5 Å². The van der Waals surface area contributed by atoms with Crippen LogP contribution in [0.5, 0.6) is 11.5 Å². The molecule has 1 aromatic rings. The van der Waals surface area contributed by atoms with Gasteiger partial charge in [-0.15, -0.1) is 0 Å². The average molecular weight is 279 g/mol. The molecule has 0 unspecified atom stereocenters. The SMILES string of the molecule is O=C(N[C@H]1C[C@H](CO)[C@H](O)C1)c1ccc2c(c1)OCO2. The number of nitrogens with one attached hydrogen (secondary N) is 1. The Kier molecular flexibility index (Phi) is 3.50. The van der Waals surface area contributed by atoms with Crippen LogP contribution in [0, 0.1) is 5.92 Å². The van der Waals surface area contributed by atoms with E-state index in [4.69, 9.17) is 14.6 Å². The van der Waals surface area contributed by atoms with E-state index in [9.17, 15) is 9.90 Å². The molecule has 20 heavy (non-hydrogen) atoms. The Labute approximate surface area is 116 Å². The van der Waals surface area contributed by atoms with Crippen LogP contribution in [0.25, 0.3) is 0 Å². The first-order valence-electron chi connectivity index (χ1n) is 6.67. The zero-order valence-corrected chi connectivity index (χ0v) is 10.9. The lowest BCUT2D eigenvalue weighted by atomic mass is 10.1. The second-order valence-corrected chi connectivity index (χ2v) is 5.22. The Hall–Kier alpha value is -1.79. The van der Waals surface area contributed by atoms with Crippen LogP contribution < -0.4 is 14.8 Å². The summed E-state index contributed by atoms with van der Waals surface area (Å²) in [6, 6.07) is 4.92. The topological polar surface area (TPSA) is 88.0 Å². The Morgan fingerprint density at radius 3 is 2.85 bits per heavy atom. The van der Waals surface area contributed by atoms with Crippen molar-refractivity contribution in [1.29, 1.82) is 0 Å². The molecule has 1 amide bonds. The van der Waals surface area contributed by atoms with Gasteiger partial charge in [0.2, 0.25) is 6.79 Å². The molecule has 108 valence electrons. The maximum Gasteiger partial charge on any atom is 0.251 e. The first-order chi connectivity index (χ1) is 9.67. The van der Waals surface area contributed by atoms with Crippen LogP contribution in [-0.4, -0.2) is 41.7 Å². The minimum atomic E-state index is -0.554. The maximum atomic E-state index is 12.2. The molecule has 6 heteroatoms. The number of amides is 1. The second-order valence-electron chi connectivity index (χ2n) is 5.22. The number of hydrogen-bond acceptors (Lipinski definition) is 5. The number of ether oxygens (including phenoxy) is 2. The number of carbonyl (C=O) groups is 1. The van der Waals surface area contributed by atoms with Crippen LogP contribution in [0.1, 0.15) is 23.2 Å². The van der Waals surface area contributed by atoms with Gasteiger partial charge < -0.3 is 25.0 Å². The normalized spacial score (nSPS) is 27.6. The van der Waals surface area contributed by atoms with Crippen molar-refractivity contribution >= 4 is 5.91 Å². The second kappa shape index (κ2) is 5.30. The van der Waals surface area contributed by atoms with E-state index < -0.39 is 6.10 Å². The predicted octanol–water partition coefficient (Wildman–Crippen LogP) is 0.277. The minimum absolute atomic E-state index is 0.0580. The fourth-order valence-corrected chi connectivity index (χ4v) is 2.72. The van der Waals surface area contributed by atoms with Gasteiger partial charge in [0.05, 0.1) is 6.10 Å². The van der Waals surface area contributed by atoms with E-state index in [-0.39, 0.29) is 31.3 Å². The van der Waals surface area contributed by atoms with Gasteiger partial charge in [-0.1, -0.05) is 0 Å². The summed E-state index contributed by atoms with van der Waals surface area (Å²) in [5.74, 6) is 0.840. The van der Waals surface area contributed by atoms with Crippen LogP contribution >= 0.6 is 0 Å². The molecule has 1 heterocycles. The summed E-state index contributed by atoms with van der Waals surface area (Å²) in [5, 5.41) is 21.7. The monoisotopic (exact) mass is 279 g/mol. The van der Waals surface area contributed by atoms with Gasteiger partial charge >= 0.3 is 0 Å². The van der Waals surface area contributed by atoms with Gasteiger partial charge in [0.1, 0.15) is 0 Å². The van der Waals surface area contributed by atoms with Crippen molar-refractivity contribution in [3.05, 3.63) is 23.8 Å². The molecule has 0 radical (unpaired) electrons. The van der Waals surface area contributed by atoms with Gasteiger partial charge in [-0.3, -0.25) is 4.79 Å². The fraction of sp³-hybridized carbons (Fsp3) is 0.500. The van der Waals surface area contributed by atoms with Crippen molar-refractivity contribution in [2.45, 2.75) is 25.0 Å². The summed E-state index contributed by atoms with van der Waals surface area (Å²) in [5.41, 5.74) is 0.496. The van der Waals surface area contributed by atoms with Gasteiger partial charge in [-0.05, 0) is 31.0 Å². The van der Waals surface area contributed by atoms with Gasteiger partial charge in [0.25, 0.3) is 5.91 Å². The van der Waals surface area contributed by atoms with E-state index in [1.54, 1.807) is 18.2 Å². The molecule has 3 rings (SSSR count). The lowest BCUT2D eigenvalue weighted by Gasteiger charge is -2.12. The highest BCUT2D eigenvalue weighted by atomic mass is 16.7. The van der Waals surface area contributed by atoms with Crippen molar-refractivity contribution in [1.82, 2.24) is 5.32 Å². The molecule has 0 aromatic heterocycles. The standard InChI is InChI=1S/C14H17NO5/c16-6-9-3-10(5-11(9)17)15-14(18)8-1-2-12-13(4-8)20-7-19-12/h1-2,4,9-11,16-17H,3,5-7H2,(H,15,18)/t9-,10+,11-/m1/s1. The molecule has 1 aromatic carbocycles. The molecule has 2 aliphatic rings. The minimum Gasteiger partial charge on any atom is -0.454 e. The lowest BCUT2D eigenvalue weighted by molar-refractivity contribution is 0.0903. The van der Waals surface area contributed by atoms with E-state index in [2.05, 4.69) is 5.32 Å². The van der Waals surface area contributed by atoms with E-state index >= 15 is 0 Å². The van der Waals surface area contributed by atoms with Gasteiger partial charge in [0, 0.05) is 24.1 Å². The maximum absolute atomic E-state index is 12.2. The number of fused-ring (bicyclic) bond motifs is 1. The molecule has 3 atom stereocenters. The van der Waals surface area contributed by atoms with Crippen LogP contribution in [0.4, 0.5) is 0 Å². The number of benzene rings is 1. The summed E-state index contributed by atoms with van der Waals surface area (Å²) in [4.78, 5) is 12.2. The number of aliphatic hydroxyl groups excluding tert-OH is 2. The highest BCUT2D eigenvalue weighted by Crippen LogP contribution is 2.32. The molecule has 0 saturated heterocycles. The average Bonchev–Trinajstić information content (AvgIpc) is 3.03. The van der Waals surface area contributed by atoms with Crippen molar-refractivity contribution < 1.29 is 24.5 Å². The quantitative estimate of drug-likeness (QED) is 0.739. The summed E-state index contributed by atoms with van der Waals surface area (Å²) in [7, 11) is 0. The first kappa shape index (κ1) is 13.2.